The van der Waals surface area contributed by atoms with Gasteiger partial charge in [-0.1, -0.05) is 18.2 Å². The molecule has 0 saturated carbocycles. The second kappa shape index (κ2) is 4.89. The van der Waals surface area contributed by atoms with Crippen molar-refractivity contribution in [3.63, 3.8) is 0 Å². The highest BCUT2D eigenvalue weighted by molar-refractivity contribution is 5.36. The SMILES string of the molecule is Cc1c(CO)cccc1C(O)C(O)C#N. The van der Waals surface area contributed by atoms with E-state index in [1.165, 1.54) is 0 Å². The summed E-state index contributed by atoms with van der Waals surface area (Å²) >= 11 is 0. The highest BCUT2D eigenvalue weighted by Gasteiger charge is 2.20. The summed E-state index contributed by atoms with van der Waals surface area (Å²) in [5, 5.41) is 36.3. The van der Waals surface area contributed by atoms with Crippen LogP contribution in [0.2, 0.25) is 0 Å². The molecule has 0 aliphatic rings. The van der Waals surface area contributed by atoms with E-state index >= 15 is 0 Å². The van der Waals surface area contributed by atoms with Crippen LogP contribution >= 0.6 is 0 Å². The van der Waals surface area contributed by atoms with Crippen molar-refractivity contribution >= 4 is 0 Å². The number of rotatable bonds is 3. The molecule has 0 saturated heterocycles. The van der Waals surface area contributed by atoms with E-state index in [1.54, 1.807) is 31.2 Å². The molecule has 0 radical (unpaired) electrons. The van der Waals surface area contributed by atoms with Gasteiger partial charge in [0.25, 0.3) is 0 Å². The number of benzene rings is 1. The van der Waals surface area contributed by atoms with E-state index in [1.807, 2.05) is 0 Å². The predicted octanol–water partition coefficient (Wildman–Crippen LogP) is 0.405. The van der Waals surface area contributed by atoms with E-state index in [0.717, 1.165) is 0 Å². The molecule has 0 spiro atoms. The van der Waals surface area contributed by atoms with Gasteiger partial charge in [0.2, 0.25) is 0 Å². The summed E-state index contributed by atoms with van der Waals surface area (Å²) in [4.78, 5) is 0. The molecule has 3 N–H and O–H groups in total. The average molecular weight is 207 g/mol. The second-order valence-corrected chi connectivity index (χ2v) is 3.31. The smallest absolute Gasteiger partial charge is 0.170 e. The lowest BCUT2D eigenvalue weighted by atomic mass is 9.96. The third kappa shape index (κ3) is 2.34. The van der Waals surface area contributed by atoms with Gasteiger partial charge in [0.1, 0.15) is 6.10 Å². The summed E-state index contributed by atoms with van der Waals surface area (Å²) < 4.78 is 0. The minimum atomic E-state index is -1.45. The molecule has 4 nitrogen and oxygen atoms in total. The van der Waals surface area contributed by atoms with Crippen molar-refractivity contribution in [1.82, 2.24) is 0 Å². The number of aliphatic hydroxyl groups is 3. The Kier molecular flexibility index (Phi) is 3.81. The molecule has 0 aliphatic heterocycles. The summed E-state index contributed by atoms with van der Waals surface area (Å²) in [5.41, 5.74) is 1.84. The molecule has 0 heterocycles. The molecule has 4 heteroatoms. The van der Waals surface area contributed by atoms with Gasteiger partial charge < -0.3 is 15.3 Å². The zero-order valence-electron chi connectivity index (χ0n) is 8.38. The summed E-state index contributed by atoms with van der Waals surface area (Å²) in [6, 6.07) is 6.59. The molecule has 0 fully saturated rings. The van der Waals surface area contributed by atoms with Gasteiger partial charge in [-0.15, -0.1) is 0 Å². The Hall–Kier alpha value is -1.41. The second-order valence-electron chi connectivity index (χ2n) is 3.31. The Bertz CT molecular complexity index is 384. The van der Waals surface area contributed by atoms with Crippen LogP contribution in [0, 0.1) is 18.3 Å². The fraction of sp³-hybridized carbons (Fsp3) is 0.364. The van der Waals surface area contributed by atoms with Crippen LogP contribution in [0.15, 0.2) is 18.2 Å². The number of hydrogen-bond donors (Lipinski definition) is 3. The van der Waals surface area contributed by atoms with Gasteiger partial charge in [0.15, 0.2) is 6.10 Å². The Morgan fingerprint density at radius 2 is 2.07 bits per heavy atom. The third-order valence-electron chi connectivity index (χ3n) is 2.41. The first-order valence-electron chi connectivity index (χ1n) is 4.56. The summed E-state index contributed by atoms with van der Waals surface area (Å²) in [6.07, 6.45) is -2.68. The van der Waals surface area contributed by atoms with E-state index in [0.29, 0.717) is 16.7 Å². The number of hydrogen-bond acceptors (Lipinski definition) is 4. The lowest BCUT2D eigenvalue weighted by molar-refractivity contribution is 0.0522. The van der Waals surface area contributed by atoms with Crippen LogP contribution in [0.1, 0.15) is 22.8 Å². The molecular weight excluding hydrogens is 194 g/mol. The van der Waals surface area contributed by atoms with Crippen LogP contribution < -0.4 is 0 Å². The first-order valence-corrected chi connectivity index (χ1v) is 4.56. The lowest BCUT2D eigenvalue weighted by Gasteiger charge is -2.16. The first kappa shape index (κ1) is 11.7. The van der Waals surface area contributed by atoms with E-state index in [-0.39, 0.29) is 6.61 Å². The van der Waals surface area contributed by atoms with Gasteiger partial charge in [0, 0.05) is 0 Å². The largest absolute Gasteiger partial charge is 0.392 e. The summed E-state index contributed by atoms with van der Waals surface area (Å²) in [7, 11) is 0. The zero-order valence-corrected chi connectivity index (χ0v) is 8.38. The van der Waals surface area contributed by atoms with Crippen molar-refractivity contribution in [1.29, 1.82) is 5.26 Å². The van der Waals surface area contributed by atoms with Crippen LogP contribution in [-0.2, 0) is 6.61 Å². The molecule has 1 rings (SSSR count). The average Bonchev–Trinajstić information content (AvgIpc) is 2.27. The Morgan fingerprint density at radius 1 is 1.40 bits per heavy atom. The van der Waals surface area contributed by atoms with E-state index < -0.39 is 12.2 Å². The molecule has 80 valence electrons. The first-order chi connectivity index (χ1) is 7.11. The Morgan fingerprint density at radius 3 is 2.60 bits per heavy atom. The van der Waals surface area contributed by atoms with Crippen molar-refractivity contribution in [3.8, 4) is 6.07 Å². The molecule has 2 atom stereocenters. The molecule has 1 aromatic rings. The Balaban J connectivity index is 3.10. The normalized spacial score (nSPS) is 14.3. The molecule has 15 heavy (non-hydrogen) atoms. The van der Waals surface area contributed by atoms with Gasteiger partial charge >= 0.3 is 0 Å². The van der Waals surface area contributed by atoms with Crippen LogP contribution in [0.4, 0.5) is 0 Å². The highest BCUT2D eigenvalue weighted by atomic mass is 16.3. The van der Waals surface area contributed by atoms with E-state index in [2.05, 4.69) is 0 Å². The van der Waals surface area contributed by atoms with Crippen molar-refractivity contribution in [2.45, 2.75) is 25.7 Å². The minimum absolute atomic E-state index is 0.130. The van der Waals surface area contributed by atoms with E-state index in [9.17, 15) is 10.2 Å². The summed E-state index contributed by atoms with van der Waals surface area (Å²) in [5.74, 6) is 0. The maximum atomic E-state index is 9.64. The van der Waals surface area contributed by atoms with Crippen molar-refractivity contribution < 1.29 is 15.3 Å². The minimum Gasteiger partial charge on any atom is -0.392 e. The monoisotopic (exact) mass is 207 g/mol. The predicted molar refractivity (Wildman–Crippen MR) is 53.7 cm³/mol. The number of nitrogens with zero attached hydrogens (tertiary/aromatic N) is 1. The van der Waals surface area contributed by atoms with Crippen LogP contribution in [0.3, 0.4) is 0 Å². The van der Waals surface area contributed by atoms with Gasteiger partial charge in [-0.05, 0) is 23.6 Å². The van der Waals surface area contributed by atoms with E-state index in [4.69, 9.17) is 10.4 Å². The van der Waals surface area contributed by atoms with Crippen molar-refractivity contribution in [2.75, 3.05) is 0 Å². The van der Waals surface area contributed by atoms with Gasteiger partial charge in [-0.25, -0.2) is 0 Å². The van der Waals surface area contributed by atoms with Crippen molar-refractivity contribution in [3.05, 3.63) is 34.9 Å². The fourth-order valence-corrected chi connectivity index (χ4v) is 1.44. The molecule has 1 aromatic carbocycles. The quantitative estimate of drug-likeness (QED) is 0.626. The van der Waals surface area contributed by atoms with Gasteiger partial charge in [-0.3, -0.25) is 0 Å². The van der Waals surface area contributed by atoms with Gasteiger partial charge in [-0.2, -0.15) is 5.26 Å². The van der Waals surface area contributed by atoms with Crippen LogP contribution in [0.25, 0.3) is 0 Å². The Labute approximate surface area is 88.0 Å². The van der Waals surface area contributed by atoms with Crippen molar-refractivity contribution in [2.24, 2.45) is 0 Å². The topological polar surface area (TPSA) is 84.5 Å². The standard InChI is InChI=1S/C11H13NO3/c1-7-8(6-13)3-2-4-9(7)11(15)10(14)5-12/h2-4,10-11,13-15H,6H2,1H3. The molecule has 0 bridgehead atoms. The third-order valence-corrected chi connectivity index (χ3v) is 2.41. The fourth-order valence-electron chi connectivity index (χ4n) is 1.44. The van der Waals surface area contributed by atoms with Crippen LogP contribution in [-0.4, -0.2) is 21.4 Å². The molecule has 0 aliphatic carbocycles. The maximum absolute atomic E-state index is 9.64. The molecule has 0 amide bonds. The maximum Gasteiger partial charge on any atom is 0.170 e. The summed E-state index contributed by atoms with van der Waals surface area (Å²) in [6.45, 7) is 1.60. The number of nitriles is 1. The lowest BCUT2D eigenvalue weighted by Crippen LogP contribution is -2.17. The zero-order chi connectivity index (χ0) is 11.4. The molecule has 0 aromatic heterocycles. The molecular formula is C11H13NO3. The van der Waals surface area contributed by atoms with Gasteiger partial charge in [0.05, 0.1) is 12.7 Å². The molecule has 2 unspecified atom stereocenters. The highest BCUT2D eigenvalue weighted by Crippen LogP contribution is 2.23. The van der Waals surface area contributed by atoms with Crippen LogP contribution in [0.5, 0.6) is 0 Å². The number of aliphatic hydroxyl groups excluding tert-OH is 3.